The van der Waals surface area contributed by atoms with Crippen LogP contribution in [0, 0.1) is 11.8 Å². The van der Waals surface area contributed by atoms with Crippen molar-refractivity contribution in [2.45, 2.75) is 71.6 Å². The lowest BCUT2D eigenvalue weighted by Gasteiger charge is -2.50. The third-order valence-electron chi connectivity index (χ3n) is 4.83. The van der Waals surface area contributed by atoms with Crippen molar-refractivity contribution in [3.8, 4) is 0 Å². The Morgan fingerprint density at radius 1 is 1.26 bits per heavy atom. The van der Waals surface area contributed by atoms with Gasteiger partial charge in [-0.1, -0.05) is 27.7 Å². The molecule has 0 radical (unpaired) electrons. The molecule has 0 aromatic carbocycles. The lowest BCUT2D eigenvalue weighted by atomic mass is 9.81. The van der Waals surface area contributed by atoms with Gasteiger partial charge in [0.05, 0.1) is 6.10 Å². The van der Waals surface area contributed by atoms with Crippen LogP contribution in [0.3, 0.4) is 0 Å². The largest absolute Gasteiger partial charge is 0.378 e. The molecule has 1 aliphatic heterocycles. The molecule has 0 saturated carbocycles. The Morgan fingerprint density at radius 2 is 1.89 bits per heavy atom. The first kappa shape index (κ1) is 16.9. The van der Waals surface area contributed by atoms with E-state index in [1.54, 1.807) is 0 Å². The van der Waals surface area contributed by atoms with E-state index in [2.05, 4.69) is 46.6 Å². The summed E-state index contributed by atoms with van der Waals surface area (Å²) in [6, 6.07) is 0.578. The minimum atomic E-state index is 0.126. The molecule has 3 heteroatoms. The summed E-state index contributed by atoms with van der Waals surface area (Å²) in [5.41, 5.74) is 6.30. The normalized spacial score (nSPS) is 30.3. The number of rotatable bonds is 6. The van der Waals surface area contributed by atoms with Gasteiger partial charge in [0.1, 0.15) is 0 Å². The lowest BCUT2D eigenvalue weighted by molar-refractivity contribution is -0.0907. The maximum atomic E-state index is 6.17. The van der Waals surface area contributed by atoms with Gasteiger partial charge in [-0.2, -0.15) is 0 Å². The van der Waals surface area contributed by atoms with Crippen LogP contribution >= 0.6 is 0 Å². The van der Waals surface area contributed by atoms with E-state index < -0.39 is 0 Å². The number of likely N-dealkylation sites (N-methyl/N-ethyl adjacent to an activating group) is 1. The van der Waals surface area contributed by atoms with E-state index in [-0.39, 0.29) is 5.54 Å². The van der Waals surface area contributed by atoms with E-state index in [4.69, 9.17) is 10.5 Å². The Balaban J connectivity index is 2.78. The first-order valence-electron chi connectivity index (χ1n) is 7.87. The summed E-state index contributed by atoms with van der Waals surface area (Å²) >= 11 is 0. The zero-order valence-corrected chi connectivity index (χ0v) is 13.8. The molecule has 1 heterocycles. The highest BCUT2D eigenvalue weighted by molar-refractivity contribution is 4.97. The second kappa shape index (κ2) is 7.05. The summed E-state index contributed by atoms with van der Waals surface area (Å²) in [6.45, 7) is 13.0. The molecule has 1 fully saturated rings. The topological polar surface area (TPSA) is 38.5 Å². The molecule has 2 N–H and O–H groups in total. The van der Waals surface area contributed by atoms with Crippen LogP contribution in [-0.2, 0) is 4.74 Å². The average Bonchev–Trinajstić information content (AvgIpc) is 2.36. The maximum Gasteiger partial charge on any atom is 0.0616 e. The molecule has 0 amide bonds. The fourth-order valence-electron chi connectivity index (χ4n) is 3.32. The number of nitrogens with two attached hydrogens (primary N) is 1. The summed E-state index contributed by atoms with van der Waals surface area (Å²) < 4.78 is 5.93. The van der Waals surface area contributed by atoms with Gasteiger partial charge in [0.25, 0.3) is 0 Å². The standard InChI is InChI=1S/C16H34N2O/c1-12(2)9-14(5)18(6)16(11-17)7-8-19-15(10-16)13(3)4/h12-15H,7-11,17H2,1-6H3. The van der Waals surface area contributed by atoms with Gasteiger partial charge in [0.15, 0.2) is 0 Å². The highest BCUT2D eigenvalue weighted by atomic mass is 16.5. The van der Waals surface area contributed by atoms with Crippen molar-refractivity contribution in [3.05, 3.63) is 0 Å². The second-order valence-electron chi connectivity index (χ2n) is 7.13. The Hall–Kier alpha value is -0.120. The molecular formula is C16H34N2O. The van der Waals surface area contributed by atoms with E-state index in [1.807, 2.05) is 0 Å². The highest BCUT2D eigenvalue weighted by Gasteiger charge is 2.41. The number of nitrogens with zero attached hydrogens (tertiary/aromatic N) is 1. The van der Waals surface area contributed by atoms with Gasteiger partial charge < -0.3 is 10.5 Å². The number of hydrogen-bond acceptors (Lipinski definition) is 3. The quantitative estimate of drug-likeness (QED) is 0.806. The van der Waals surface area contributed by atoms with E-state index in [1.165, 1.54) is 6.42 Å². The smallest absolute Gasteiger partial charge is 0.0616 e. The molecule has 0 aromatic heterocycles. The van der Waals surface area contributed by atoms with Crippen molar-refractivity contribution in [1.82, 2.24) is 4.90 Å². The van der Waals surface area contributed by atoms with Gasteiger partial charge in [-0.3, -0.25) is 4.90 Å². The first-order chi connectivity index (χ1) is 8.82. The summed E-state index contributed by atoms with van der Waals surface area (Å²) in [7, 11) is 2.25. The molecule has 114 valence electrons. The zero-order chi connectivity index (χ0) is 14.6. The fraction of sp³-hybridized carbons (Fsp3) is 1.00. The average molecular weight is 270 g/mol. The Kier molecular flexibility index (Phi) is 6.28. The summed E-state index contributed by atoms with van der Waals surface area (Å²) in [6.07, 6.45) is 3.71. The van der Waals surface area contributed by atoms with Crippen LogP contribution in [-0.4, -0.2) is 42.8 Å². The molecular weight excluding hydrogens is 236 g/mol. The van der Waals surface area contributed by atoms with Crippen LogP contribution < -0.4 is 5.73 Å². The third kappa shape index (κ3) is 4.17. The van der Waals surface area contributed by atoms with E-state index in [9.17, 15) is 0 Å². The molecule has 0 aromatic rings. The Morgan fingerprint density at radius 3 is 2.37 bits per heavy atom. The highest BCUT2D eigenvalue weighted by Crippen LogP contribution is 2.34. The van der Waals surface area contributed by atoms with Crippen molar-refractivity contribution in [2.75, 3.05) is 20.2 Å². The van der Waals surface area contributed by atoms with Gasteiger partial charge in [-0.25, -0.2) is 0 Å². The van der Waals surface area contributed by atoms with E-state index in [0.29, 0.717) is 18.1 Å². The van der Waals surface area contributed by atoms with Gasteiger partial charge >= 0.3 is 0 Å². The van der Waals surface area contributed by atoms with Crippen LogP contribution in [0.1, 0.15) is 53.9 Å². The first-order valence-corrected chi connectivity index (χ1v) is 7.87. The molecule has 3 atom stereocenters. The van der Waals surface area contributed by atoms with Crippen LogP contribution in [0.2, 0.25) is 0 Å². The number of ether oxygens (including phenoxy) is 1. The Bertz CT molecular complexity index is 267. The lowest BCUT2D eigenvalue weighted by Crippen LogP contribution is -2.60. The van der Waals surface area contributed by atoms with Crippen molar-refractivity contribution >= 4 is 0 Å². The predicted octanol–water partition coefficient (Wildman–Crippen LogP) is 2.89. The van der Waals surface area contributed by atoms with Crippen LogP contribution in [0.25, 0.3) is 0 Å². The SMILES string of the molecule is CC(C)CC(C)N(C)C1(CN)CCOC(C(C)C)C1. The van der Waals surface area contributed by atoms with Crippen LogP contribution in [0.15, 0.2) is 0 Å². The third-order valence-corrected chi connectivity index (χ3v) is 4.83. The zero-order valence-electron chi connectivity index (χ0n) is 13.8. The molecule has 0 bridgehead atoms. The van der Waals surface area contributed by atoms with Crippen LogP contribution in [0.5, 0.6) is 0 Å². The molecule has 0 spiro atoms. The second-order valence-corrected chi connectivity index (χ2v) is 7.13. The molecule has 1 rings (SSSR count). The molecule has 1 saturated heterocycles. The summed E-state index contributed by atoms with van der Waals surface area (Å²) in [4.78, 5) is 2.53. The van der Waals surface area contributed by atoms with Crippen molar-refractivity contribution in [2.24, 2.45) is 17.6 Å². The molecule has 3 unspecified atom stereocenters. The van der Waals surface area contributed by atoms with Crippen molar-refractivity contribution < 1.29 is 4.74 Å². The molecule has 1 aliphatic rings. The predicted molar refractivity (Wildman–Crippen MR) is 82.3 cm³/mol. The fourth-order valence-corrected chi connectivity index (χ4v) is 3.32. The van der Waals surface area contributed by atoms with Gasteiger partial charge in [-0.15, -0.1) is 0 Å². The summed E-state index contributed by atoms with van der Waals surface area (Å²) in [5.74, 6) is 1.30. The number of hydrogen-bond donors (Lipinski definition) is 1. The maximum absolute atomic E-state index is 6.17. The Labute approximate surface area is 119 Å². The van der Waals surface area contributed by atoms with Gasteiger partial charge in [0.2, 0.25) is 0 Å². The van der Waals surface area contributed by atoms with Gasteiger partial charge in [-0.05, 0) is 45.1 Å². The van der Waals surface area contributed by atoms with Gasteiger partial charge in [0, 0.05) is 24.7 Å². The van der Waals surface area contributed by atoms with E-state index in [0.717, 1.165) is 31.9 Å². The molecule has 19 heavy (non-hydrogen) atoms. The molecule has 0 aliphatic carbocycles. The van der Waals surface area contributed by atoms with E-state index >= 15 is 0 Å². The minimum absolute atomic E-state index is 0.126. The van der Waals surface area contributed by atoms with Crippen LogP contribution in [0.4, 0.5) is 0 Å². The van der Waals surface area contributed by atoms with Crippen molar-refractivity contribution in [3.63, 3.8) is 0 Å². The molecule has 3 nitrogen and oxygen atoms in total. The summed E-state index contributed by atoms with van der Waals surface area (Å²) in [5, 5.41) is 0. The van der Waals surface area contributed by atoms with Crippen molar-refractivity contribution in [1.29, 1.82) is 0 Å². The minimum Gasteiger partial charge on any atom is -0.378 e. The monoisotopic (exact) mass is 270 g/mol.